The van der Waals surface area contributed by atoms with Gasteiger partial charge in [-0.3, -0.25) is 4.79 Å². The molecule has 0 spiro atoms. The molecule has 0 aliphatic heterocycles. The molecule has 2 aromatic rings. The van der Waals surface area contributed by atoms with Crippen LogP contribution in [0.3, 0.4) is 0 Å². The molecule has 0 unspecified atom stereocenters. The van der Waals surface area contributed by atoms with Crippen LogP contribution in [0, 0.1) is 6.92 Å². The minimum atomic E-state index is -0.298. The fourth-order valence-electron chi connectivity index (χ4n) is 1.50. The number of furan rings is 1. The van der Waals surface area contributed by atoms with Crippen LogP contribution in [-0.4, -0.2) is 11.0 Å². The van der Waals surface area contributed by atoms with Crippen molar-refractivity contribution in [3.8, 4) is 0 Å². The first-order valence-electron chi connectivity index (χ1n) is 5.26. The van der Waals surface area contributed by atoms with Gasteiger partial charge in [-0.1, -0.05) is 12.1 Å². The summed E-state index contributed by atoms with van der Waals surface area (Å²) in [4.78, 5) is 11.8. The molecule has 17 heavy (non-hydrogen) atoms. The van der Waals surface area contributed by atoms with Crippen molar-refractivity contribution in [3.05, 3.63) is 53.5 Å². The molecule has 2 rings (SSSR count). The molecular weight excluding hydrogens is 218 g/mol. The van der Waals surface area contributed by atoms with Crippen LogP contribution in [0.1, 0.15) is 21.9 Å². The van der Waals surface area contributed by atoms with Gasteiger partial charge in [0.25, 0.3) is 5.91 Å². The first kappa shape index (κ1) is 11.4. The molecule has 0 fully saturated rings. The molecule has 0 saturated carbocycles. The molecule has 4 nitrogen and oxygen atoms in total. The number of carbonyl (C=O) groups is 1. The Balaban J connectivity index is 2.12. The second-order valence-corrected chi connectivity index (χ2v) is 3.72. The zero-order valence-corrected chi connectivity index (χ0v) is 9.43. The van der Waals surface area contributed by atoms with Crippen LogP contribution in [0.25, 0.3) is 0 Å². The maximum Gasteiger partial charge on any atom is 0.291 e. The number of hydrogen-bond donors (Lipinski definition) is 2. The fourth-order valence-corrected chi connectivity index (χ4v) is 1.50. The predicted octanol–water partition coefficient (Wildman–Crippen LogP) is 2.33. The number of benzene rings is 1. The van der Waals surface area contributed by atoms with Crippen LogP contribution >= 0.6 is 0 Å². The molecule has 0 aliphatic carbocycles. The van der Waals surface area contributed by atoms with Crippen LogP contribution in [0.5, 0.6) is 0 Å². The van der Waals surface area contributed by atoms with Gasteiger partial charge < -0.3 is 14.8 Å². The second kappa shape index (κ2) is 4.84. The van der Waals surface area contributed by atoms with Gasteiger partial charge in [-0.15, -0.1) is 0 Å². The molecule has 0 bridgehead atoms. The summed E-state index contributed by atoms with van der Waals surface area (Å²) in [5, 5.41) is 11.7. The van der Waals surface area contributed by atoms with Crippen molar-refractivity contribution in [2.24, 2.45) is 0 Å². The molecule has 1 heterocycles. The molecule has 4 heteroatoms. The van der Waals surface area contributed by atoms with E-state index in [2.05, 4.69) is 5.32 Å². The highest BCUT2D eigenvalue weighted by atomic mass is 16.3. The Kier molecular flexibility index (Phi) is 3.25. The standard InChI is InChI=1S/C13H13NO3/c1-9-5-6-12(17-9)13(16)14-11-4-2-3-10(7-11)8-15/h2-7,15H,8H2,1H3,(H,14,16). The Bertz CT molecular complexity index is 531. The van der Waals surface area contributed by atoms with Crippen molar-refractivity contribution in [1.82, 2.24) is 0 Å². The highest BCUT2D eigenvalue weighted by Crippen LogP contribution is 2.13. The van der Waals surface area contributed by atoms with Crippen LogP contribution in [-0.2, 0) is 6.61 Å². The highest BCUT2D eigenvalue weighted by molar-refractivity contribution is 6.02. The van der Waals surface area contributed by atoms with Crippen molar-refractivity contribution in [2.75, 3.05) is 5.32 Å². The van der Waals surface area contributed by atoms with E-state index in [1.165, 1.54) is 0 Å². The van der Waals surface area contributed by atoms with Gasteiger partial charge in [0, 0.05) is 5.69 Å². The number of rotatable bonds is 3. The third kappa shape index (κ3) is 2.73. The van der Waals surface area contributed by atoms with Gasteiger partial charge in [0.1, 0.15) is 5.76 Å². The third-order valence-electron chi connectivity index (χ3n) is 2.33. The Morgan fingerprint density at radius 3 is 2.82 bits per heavy atom. The molecular formula is C13H13NO3. The Hall–Kier alpha value is -2.07. The molecule has 0 aliphatic rings. The van der Waals surface area contributed by atoms with Crippen LogP contribution in [0.15, 0.2) is 40.8 Å². The van der Waals surface area contributed by atoms with Crippen molar-refractivity contribution < 1.29 is 14.3 Å². The van der Waals surface area contributed by atoms with E-state index in [9.17, 15) is 4.79 Å². The molecule has 88 valence electrons. The molecule has 1 aromatic carbocycles. The summed E-state index contributed by atoms with van der Waals surface area (Å²) >= 11 is 0. The minimum absolute atomic E-state index is 0.0520. The van der Waals surface area contributed by atoms with Crippen LogP contribution < -0.4 is 5.32 Å². The van der Waals surface area contributed by atoms with Gasteiger partial charge in [0.05, 0.1) is 6.61 Å². The van der Waals surface area contributed by atoms with Gasteiger partial charge in [-0.25, -0.2) is 0 Å². The zero-order chi connectivity index (χ0) is 12.3. The Labute approximate surface area is 98.9 Å². The largest absolute Gasteiger partial charge is 0.456 e. The summed E-state index contributed by atoms with van der Waals surface area (Å²) in [6, 6.07) is 10.4. The second-order valence-electron chi connectivity index (χ2n) is 3.72. The lowest BCUT2D eigenvalue weighted by Crippen LogP contribution is -2.10. The Morgan fingerprint density at radius 2 is 2.18 bits per heavy atom. The highest BCUT2D eigenvalue weighted by Gasteiger charge is 2.09. The summed E-state index contributed by atoms with van der Waals surface area (Å²) in [5.41, 5.74) is 1.38. The molecule has 1 aromatic heterocycles. The van der Waals surface area contributed by atoms with Gasteiger partial charge in [0.15, 0.2) is 5.76 Å². The van der Waals surface area contributed by atoms with E-state index >= 15 is 0 Å². The number of nitrogens with one attached hydrogen (secondary N) is 1. The van der Waals surface area contributed by atoms with Crippen molar-refractivity contribution in [2.45, 2.75) is 13.5 Å². The maximum absolute atomic E-state index is 11.8. The van der Waals surface area contributed by atoms with Crippen LogP contribution in [0.4, 0.5) is 5.69 Å². The van der Waals surface area contributed by atoms with Crippen molar-refractivity contribution in [3.63, 3.8) is 0 Å². The summed E-state index contributed by atoms with van der Waals surface area (Å²) < 4.78 is 5.21. The smallest absolute Gasteiger partial charge is 0.291 e. The van der Waals surface area contributed by atoms with E-state index in [0.717, 1.165) is 5.56 Å². The van der Waals surface area contributed by atoms with Crippen molar-refractivity contribution in [1.29, 1.82) is 0 Å². The first-order valence-corrected chi connectivity index (χ1v) is 5.26. The number of hydrogen-bond acceptors (Lipinski definition) is 3. The van der Waals surface area contributed by atoms with Crippen LogP contribution in [0.2, 0.25) is 0 Å². The van der Waals surface area contributed by atoms with E-state index in [-0.39, 0.29) is 18.3 Å². The van der Waals surface area contributed by atoms with E-state index < -0.39 is 0 Å². The van der Waals surface area contributed by atoms with E-state index in [0.29, 0.717) is 11.4 Å². The predicted molar refractivity (Wildman–Crippen MR) is 63.8 cm³/mol. The Morgan fingerprint density at radius 1 is 1.35 bits per heavy atom. The van der Waals surface area contributed by atoms with E-state index in [1.54, 1.807) is 43.3 Å². The van der Waals surface area contributed by atoms with E-state index in [1.807, 2.05) is 0 Å². The number of aryl methyl sites for hydroxylation is 1. The number of amides is 1. The van der Waals surface area contributed by atoms with Gasteiger partial charge in [0.2, 0.25) is 0 Å². The molecule has 0 saturated heterocycles. The summed E-state index contributed by atoms with van der Waals surface area (Å²) in [6.45, 7) is 1.73. The quantitative estimate of drug-likeness (QED) is 0.852. The summed E-state index contributed by atoms with van der Waals surface area (Å²) in [5.74, 6) is 0.671. The zero-order valence-electron chi connectivity index (χ0n) is 9.43. The fraction of sp³-hybridized carbons (Fsp3) is 0.154. The number of carbonyl (C=O) groups excluding carboxylic acids is 1. The van der Waals surface area contributed by atoms with Crippen molar-refractivity contribution >= 4 is 11.6 Å². The lowest BCUT2D eigenvalue weighted by molar-refractivity contribution is 0.0995. The molecule has 1 amide bonds. The normalized spacial score (nSPS) is 10.2. The lowest BCUT2D eigenvalue weighted by atomic mass is 10.2. The third-order valence-corrected chi connectivity index (χ3v) is 2.33. The van der Waals surface area contributed by atoms with E-state index in [4.69, 9.17) is 9.52 Å². The average Bonchev–Trinajstić information content (AvgIpc) is 2.76. The maximum atomic E-state index is 11.8. The van der Waals surface area contributed by atoms with Gasteiger partial charge in [-0.2, -0.15) is 0 Å². The summed E-state index contributed by atoms with van der Waals surface area (Å²) in [6.07, 6.45) is 0. The monoisotopic (exact) mass is 231 g/mol. The summed E-state index contributed by atoms with van der Waals surface area (Å²) in [7, 11) is 0. The number of aliphatic hydroxyl groups is 1. The average molecular weight is 231 g/mol. The lowest BCUT2D eigenvalue weighted by Gasteiger charge is -2.04. The first-order chi connectivity index (χ1) is 8.19. The number of aliphatic hydroxyl groups excluding tert-OH is 1. The topological polar surface area (TPSA) is 62.5 Å². The SMILES string of the molecule is Cc1ccc(C(=O)Nc2cccc(CO)c2)o1. The molecule has 0 atom stereocenters. The minimum Gasteiger partial charge on any atom is -0.456 e. The number of anilines is 1. The molecule has 2 N–H and O–H groups in total. The molecule has 0 radical (unpaired) electrons. The van der Waals surface area contributed by atoms with Gasteiger partial charge >= 0.3 is 0 Å². The van der Waals surface area contributed by atoms with Gasteiger partial charge in [-0.05, 0) is 36.8 Å².